The lowest BCUT2D eigenvalue weighted by Gasteiger charge is -2.53. The fraction of sp³-hybridized carbons (Fsp3) is 0.286. The van der Waals surface area contributed by atoms with E-state index in [-0.39, 0.29) is 16.4 Å². The summed E-state index contributed by atoms with van der Waals surface area (Å²) in [6.45, 7) is 3.22. The second kappa shape index (κ2) is 9.24. The molecule has 190 valence electrons. The molecule has 3 aromatic rings. The van der Waals surface area contributed by atoms with Crippen LogP contribution in [0.5, 0.6) is 0 Å². The Kier molecular flexibility index (Phi) is 6.34. The number of nitro groups is 1. The van der Waals surface area contributed by atoms with Crippen LogP contribution in [0.3, 0.4) is 0 Å². The number of hydrogen-bond acceptors (Lipinski definition) is 5. The van der Waals surface area contributed by atoms with Crippen LogP contribution in [0.4, 0.5) is 5.69 Å². The third kappa shape index (κ3) is 3.84. The van der Waals surface area contributed by atoms with Crippen molar-refractivity contribution in [3.8, 4) is 0 Å². The summed E-state index contributed by atoms with van der Waals surface area (Å²) in [6, 6.07) is 21.1. The first-order valence-corrected chi connectivity index (χ1v) is 12.7. The molecule has 2 aliphatic rings. The fourth-order valence-electron chi connectivity index (χ4n) is 6.29. The van der Waals surface area contributed by atoms with Crippen LogP contribution in [0.1, 0.15) is 43.2 Å². The summed E-state index contributed by atoms with van der Waals surface area (Å²) in [7, 11) is 0. The van der Waals surface area contributed by atoms with Gasteiger partial charge in [-0.25, -0.2) is 0 Å². The molecule has 1 aliphatic heterocycles. The van der Waals surface area contributed by atoms with Gasteiger partial charge in [0.2, 0.25) is 6.04 Å². The van der Waals surface area contributed by atoms with Gasteiger partial charge in [-0.15, -0.1) is 0 Å². The van der Waals surface area contributed by atoms with Crippen molar-refractivity contribution in [1.82, 2.24) is 0 Å². The summed E-state index contributed by atoms with van der Waals surface area (Å²) in [5.74, 6) is -2.35. The molecule has 37 heavy (non-hydrogen) atoms. The van der Waals surface area contributed by atoms with Crippen LogP contribution in [0.15, 0.2) is 84.0 Å². The molecule has 0 unspecified atom stereocenters. The SMILES string of the molecule is CC1=NN(c2ccccc2)C(=O)[C@@]12[C@H](c1ccccc1Cl)[C@@H]([N+](=O)[O-])[C@H](c1ccc(Cl)cc1)C[C@@]2(C)O. The molecular formula is C28H25Cl2N3O4. The maximum atomic E-state index is 14.4. The number of rotatable bonds is 4. The standard InChI is InChI=1S/C28H25Cl2N3O4/c1-17-28(26(34)32(31-17)20-8-4-3-5-9-20)24(21-10-6-7-11-23(21)30)25(33(36)37)22(16-27(28,2)35)18-12-14-19(29)15-13-18/h3-15,22,24-25,35H,16H2,1-2H3/t22-,24+,25-,27+,28-/m0/s1. The lowest BCUT2D eigenvalue weighted by Crippen LogP contribution is -2.66. The van der Waals surface area contributed by atoms with Crippen molar-refractivity contribution >= 4 is 40.5 Å². The van der Waals surface area contributed by atoms with Gasteiger partial charge in [0.25, 0.3) is 5.91 Å². The second-order valence-electron chi connectivity index (χ2n) is 9.86. The number of nitrogens with zero attached hydrogens (tertiary/aromatic N) is 3. The average Bonchev–Trinajstić information content (AvgIpc) is 3.13. The van der Waals surface area contributed by atoms with E-state index < -0.39 is 34.8 Å². The van der Waals surface area contributed by atoms with Gasteiger partial charge < -0.3 is 5.11 Å². The Hall–Kier alpha value is -3.26. The van der Waals surface area contributed by atoms with E-state index >= 15 is 0 Å². The maximum Gasteiger partial charge on any atom is 0.263 e. The van der Waals surface area contributed by atoms with Gasteiger partial charge in [0.1, 0.15) is 5.41 Å². The molecule has 9 heteroatoms. The molecule has 0 bridgehead atoms. The van der Waals surface area contributed by atoms with Crippen molar-refractivity contribution in [2.45, 2.75) is 43.7 Å². The minimum Gasteiger partial charge on any atom is -0.389 e. The van der Waals surface area contributed by atoms with E-state index in [4.69, 9.17) is 23.2 Å². The normalized spacial score (nSPS) is 29.4. The first-order valence-electron chi connectivity index (χ1n) is 11.9. The van der Waals surface area contributed by atoms with Gasteiger partial charge >= 0.3 is 0 Å². The number of anilines is 1. The number of halogens is 2. The molecule has 5 atom stereocenters. The quantitative estimate of drug-likeness (QED) is 0.322. The highest BCUT2D eigenvalue weighted by Crippen LogP contribution is 2.61. The highest BCUT2D eigenvalue weighted by molar-refractivity contribution is 6.31. The number of para-hydroxylation sites is 1. The van der Waals surface area contributed by atoms with Gasteiger partial charge in [-0.2, -0.15) is 10.1 Å². The van der Waals surface area contributed by atoms with Crippen LogP contribution >= 0.6 is 23.2 Å². The van der Waals surface area contributed by atoms with Crippen molar-refractivity contribution in [3.63, 3.8) is 0 Å². The van der Waals surface area contributed by atoms with Crippen molar-refractivity contribution < 1.29 is 14.8 Å². The predicted octanol–water partition coefficient (Wildman–Crippen LogP) is 6.07. The summed E-state index contributed by atoms with van der Waals surface area (Å²) in [5, 5.41) is 31.7. The van der Waals surface area contributed by atoms with Gasteiger partial charge in [0.15, 0.2) is 0 Å². The average molecular weight is 538 g/mol. The summed E-state index contributed by atoms with van der Waals surface area (Å²) in [5.41, 5.74) is -1.55. The number of benzene rings is 3. The Labute approximate surface area is 224 Å². The minimum absolute atomic E-state index is 0.0392. The van der Waals surface area contributed by atoms with Crippen LogP contribution < -0.4 is 5.01 Å². The largest absolute Gasteiger partial charge is 0.389 e. The molecule has 1 heterocycles. The Balaban J connectivity index is 1.78. The lowest BCUT2D eigenvalue weighted by atomic mass is 9.49. The number of hydrazone groups is 1. The highest BCUT2D eigenvalue weighted by Gasteiger charge is 2.73. The highest BCUT2D eigenvalue weighted by atomic mass is 35.5. The van der Waals surface area contributed by atoms with E-state index in [1.54, 1.807) is 86.6 Å². The minimum atomic E-state index is -1.73. The van der Waals surface area contributed by atoms with Crippen molar-refractivity contribution in [3.05, 3.63) is 110 Å². The van der Waals surface area contributed by atoms with Crippen molar-refractivity contribution in [2.75, 3.05) is 5.01 Å². The zero-order valence-electron chi connectivity index (χ0n) is 20.2. The number of amides is 1. The Morgan fingerprint density at radius 2 is 1.65 bits per heavy atom. The van der Waals surface area contributed by atoms with Crippen LogP contribution in [-0.2, 0) is 4.79 Å². The summed E-state index contributed by atoms with van der Waals surface area (Å²) in [4.78, 5) is 27.0. The fourth-order valence-corrected chi connectivity index (χ4v) is 6.67. The van der Waals surface area contributed by atoms with Gasteiger partial charge in [-0.1, -0.05) is 71.7 Å². The Bertz CT molecular complexity index is 1390. The van der Waals surface area contributed by atoms with Crippen LogP contribution in [0.25, 0.3) is 0 Å². The van der Waals surface area contributed by atoms with Crippen LogP contribution in [0.2, 0.25) is 10.0 Å². The number of carbonyl (C=O) groups is 1. The molecule has 1 N–H and O–H groups in total. The molecular weight excluding hydrogens is 513 g/mol. The molecule has 3 aromatic carbocycles. The van der Waals surface area contributed by atoms with Crippen LogP contribution in [0, 0.1) is 15.5 Å². The maximum absolute atomic E-state index is 14.4. The van der Waals surface area contributed by atoms with E-state index in [0.717, 1.165) is 0 Å². The third-order valence-corrected chi connectivity index (χ3v) is 8.42. The van der Waals surface area contributed by atoms with E-state index in [1.807, 2.05) is 6.07 Å². The summed E-state index contributed by atoms with van der Waals surface area (Å²) < 4.78 is 0. The molecule has 0 radical (unpaired) electrons. The van der Waals surface area contributed by atoms with Crippen LogP contribution in [-0.4, -0.2) is 33.3 Å². The molecule has 7 nitrogen and oxygen atoms in total. The zero-order valence-corrected chi connectivity index (χ0v) is 21.7. The lowest BCUT2D eigenvalue weighted by molar-refractivity contribution is -0.539. The zero-order chi connectivity index (χ0) is 26.5. The first kappa shape index (κ1) is 25.4. The smallest absolute Gasteiger partial charge is 0.263 e. The topological polar surface area (TPSA) is 96.0 Å². The monoisotopic (exact) mass is 537 g/mol. The number of aliphatic hydroxyl groups is 1. The Morgan fingerprint density at radius 1 is 1.03 bits per heavy atom. The predicted molar refractivity (Wildman–Crippen MR) is 144 cm³/mol. The van der Waals surface area contributed by atoms with Crippen molar-refractivity contribution in [1.29, 1.82) is 0 Å². The molecule has 0 aromatic heterocycles. The van der Waals surface area contributed by atoms with Crippen molar-refractivity contribution in [2.24, 2.45) is 10.5 Å². The van der Waals surface area contributed by atoms with E-state index in [0.29, 0.717) is 27.5 Å². The van der Waals surface area contributed by atoms with Gasteiger partial charge in [-0.3, -0.25) is 14.9 Å². The molecule has 1 aliphatic carbocycles. The van der Waals surface area contributed by atoms with Gasteiger partial charge in [0, 0.05) is 15.0 Å². The molecule has 1 saturated carbocycles. The molecule has 1 amide bonds. The molecule has 0 saturated heterocycles. The second-order valence-corrected chi connectivity index (χ2v) is 10.7. The summed E-state index contributed by atoms with van der Waals surface area (Å²) >= 11 is 12.8. The Morgan fingerprint density at radius 3 is 2.27 bits per heavy atom. The first-order chi connectivity index (χ1) is 17.6. The molecule has 1 fully saturated rings. The van der Waals surface area contributed by atoms with E-state index in [9.17, 15) is 20.0 Å². The molecule has 1 spiro atoms. The van der Waals surface area contributed by atoms with E-state index in [2.05, 4.69) is 5.10 Å². The molecule has 5 rings (SSSR count). The number of hydrogen-bond donors (Lipinski definition) is 1. The third-order valence-electron chi connectivity index (χ3n) is 7.82. The van der Waals surface area contributed by atoms with E-state index in [1.165, 1.54) is 5.01 Å². The number of carbonyl (C=O) groups excluding carboxylic acids is 1. The van der Waals surface area contributed by atoms with Gasteiger partial charge in [-0.05, 0) is 61.7 Å². The summed E-state index contributed by atoms with van der Waals surface area (Å²) in [6.07, 6.45) is -0.0392. The van der Waals surface area contributed by atoms with Gasteiger partial charge in [0.05, 0.1) is 28.8 Å².